The molecule has 3 aliphatic heterocycles. The number of hydrogen-bond acceptors (Lipinski definition) is 6. The van der Waals surface area contributed by atoms with Gasteiger partial charge in [0.2, 0.25) is 11.8 Å². The number of unbranched alkanes of at least 4 members (excludes halogenated alkanes) is 3. The summed E-state index contributed by atoms with van der Waals surface area (Å²) in [4.78, 5) is 50.6. The average molecular weight is 611 g/mol. The molecule has 3 fully saturated rings. The van der Waals surface area contributed by atoms with Gasteiger partial charge in [-0.2, -0.15) is 0 Å². The number of hydrogen-bond donors (Lipinski definition) is 1. The van der Waals surface area contributed by atoms with Gasteiger partial charge >= 0.3 is 0 Å². The van der Waals surface area contributed by atoms with Gasteiger partial charge in [0.1, 0.15) is 6.04 Å². The quantitative estimate of drug-likeness (QED) is 0.215. The van der Waals surface area contributed by atoms with Crippen LogP contribution in [0.15, 0.2) is 49.6 Å². The zero-order valence-electron chi connectivity index (χ0n) is 26.5. The molecule has 43 heavy (non-hydrogen) atoms. The highest BCUT2D eigenvalue weighted by molar-refractivity contribution is 8.02. The molecule has 1 N–H and O–H groups in total. The van der Waals surface area contributed by atoms with Crippen molar-refractivity contribution in [2.24, 2.45) is 11.8 Å². The summed E-state index contributed by atoms with van der Waals surface area (Å²) >= 11 is 1.71. The van der Waals surface area contributed by atoms with Gasteiger partial charge in [-0.25, -0.2) is 0 Å². The Morgan fingerprint density at radius 2 is 1.63 bits per heavy atom. The van der Waals surface area contributed by atoms with Crippen LogP contribution in [0, 0.1) is 11.8 Å². The van der Waals surface area contributed by atoms with E-state index in [1.165, 1.54) is 0 Å². The highest BCUT2D eigenvalue weighted by Gasteiger charge is 2.77. The smallest absolute Gasteiger partial charge is 0.251 e. The second-order valence-corrected chi connectivity index (χ2v) is 14.2. The minimum absolute atomic E-state index is 0.0410. The van der Waals surface area contributed by atoms with E-state index in [4.69, 9.17) is 0 Å². The summed E-state index contributed by atoms with van der Waals surface area (Å²) in [7, 11) is 1.77. The topological polar surface area (TPSA) is 84.4 Å². The number of anilines is 2. The summed E-state index contributed by atoms with van der Waals surface area (Å²) in [5.74, 6) is -1.25. The molecule has 0 aliphatic carbocycles. The number of carbonyl (C=O) groups excluding carboxylic acids is 3. The predicted molar refractivity (Wildman–Crippen MR) is 176 cm³/mol. The Hall–Kier alpha value is -2.78. The molecule has 1 aromatic carbocycles. The van der Waals surface area contributed by atoms with E-state index in [-0.39, 0.29) is 24.3 Å². The number of aliphatic hydroxyl groups is 1. The number of nitrogens with zero attached hydrogens (tertiary/aromatic N) is 4. The summed E-state index contributed by atoms with van der Waals surface area (Å²) in [5.41, 5.74) is 1.87. The summed E-state index contributed by atoms with van der Waals surface area (Å²) in [6.07, 6.45) is 8.15. The fraction of sp³-hybridized carbons (Fsp3) is 0.618. The van der Waals surface area contributed by atoms with Crippen LogP contribution in [0.25, 0.3) is 0 Å². The molecule has 2 bridgehead atoms. The number of amides is 3. The molecule has 0 radical (unpaired) electrons. The van der Waals surface area contributed by atoms with Gasteiger partial charge in [-0.15, -0.1) is 24.9 Å². The van der Waals surface area contributed by atoms with Crippen molar-refractivity contribution in [2.45, 2.75) is 74.8 Å². The van der Waals surface area contributed by atoms with Gasteiger partial charge < -0.3 is 24.7 Å². The predicted octanol–water partition coefficient (Wildman–Crippen LogP) is 4.73. The van der Waals surface area contributed by atoms with Crippen molar-refractivity contribution in [3.63, 3.8) is 0 Å². The first-order valence-corrected chi connectivity index (χ1v) is 16.7. The molecule has 236 valence electrons. The lowest BCUT2D eigenvalue weighted by Crippen LogP contribution is -2.55. The standard InChI is InChI=1S/C34H50N4O4S/c1-7-21-35(6)30(40)27-28-31(41)38(23-13-11-12-14-24-39)29(34(28)20-19-33(27,5)43-34)32(42)37(22-8-2)26-17-15-25(16-18-26)36(9-3)10-4/h7-8,15-18,27-29,39H,1-2,9-14,19-24H2,3-6H3/t27-,28+,29?,33+,34?/m1/s1. The summed E-state index contributed by atoms with van der Waals surface area (Å²) < 4.78 is -1.07. The number of fused-ring (bicyclic) bond motifs is 1. The molecular weight excluding hydrogens is 560 g/mol. The zero-order chi connectivity index (χ0) is 31.4. The Morgan fingerprint density at radius 1 is 1.00 bits per heavy atom. The molecule has 3 aliphatic rings. The molecule has 4 rings (SSSR count). The Kier molecular flexibility index (Phi) is 10.7. The molecule has 0 aromatic heterocycles. The molecule has 2 unspecified atom stereocenters. The van der Waals surface area contributed by atoms with E-state index in [2.05, 4.69) is 38.8 Å². The molecule has 1 aromatic rings. The van der Waals surface area contributed by atoms with Crippen LogP contribution in [0.3, 0.4) is 0 Å². The minimum Gasteiger partial charge on any atom is -0.396 e. The number of benzene rings is 1. The van der Waals surface area contributed by atoms with Gasteiger partial charge in [0.05, 0.1) is 16.6 Å². The lowest BCUT2D eigenvalue weighted by Gasteiger charge is -2.38. The average Bonchev–Trinajstić information content (AvgIpc) is 3.57. The van der Waals surface area contributed by atoms with Crippen LogP contribution in [0.4, 0.5) is 11.4 Å². The fourth-order valence-corrected chi connectivity index (χ4v) is 9.97. The first-order valence-electron chi connectivity index (χ1n) is 15.9. The number of thioether (sulfide) groups is 1. The van der Waals surface area contributed by atoms with Crippen molar-refractivity contribution in [1.82, 2.24) is 9.80 Å². The zero-order valence-corrected chi connectivity index (χ0v) is 27.3. The molecule has 5 atom stereocenters. The second kappa shape index (κ2) is 13.9. The molecular formula is C34H50N4O4S. The molecule has 3 heterocycles. The summed E-state index contributed by atoms with van der Waals surface area (Å²) in [6.45, 7) is 17.2. The highest BCUT2D eigenvalue weighted by atomic mass is 32.2. The van der Waals surface area contributed by atoms with Crippen LogP contribution in [0.5, 0.6) is 0 Å². The van der Waals surface area contributed by atoms with E-state index in [1.807, 2.05) is 24.3 Å². The van der Waals surface area contributed by atoms with Gasteiger partial charge in [-0.05, 0) is 70.7 Å². The molecule has 1 spiro atoms. The monoisotopic (exact) mass is 610 g/mol. The Balaban J connectivity index is 1.73. The van der Waals surface area contributed by atoms with Crippen molar-refractivity contribution in [3.05, 3.63) is 49.6 Å². The maximum Gasteiger partial charge on any atom is 0.251 e. The van der Waals surface area contributed by atoms with Crippen molar-refractivity contribution in [1.29, 1.82) is 0 Å². The molecule has 0 saturated carbocycles. The highest BCUT2D eigenvalue weighted by Crippen LogP contribution is 2.71. The molecule has 3 saturated heterocycles. The Labute approximate surface area is 262 Å². The van der Waals surface area contributed by atoms with E-state index in [0.29, 0.717) is 19.6 Å². The Bertz CT molecular complexity index is 1190. The van der Waals surface area contributed by atoms with E-state index >= 15 is 0 Å². The van der Waals surface area contributed by atoms with Crippen LogP contribution in [0.2, 0.25) is 0 Å². The number of likely N-dealkylation sites (N-methyl/N-ethyl adjacent to an activating group) is 1. The molecule has 3 amide bonds. The van der Waals surface area contributed by atoms with Crippen LogP contribution >= 0.6 is 11.8 Å². The van der Waals surface area contributed by atoms with Crippen LogP contribution in [-0.4, -0.2) is 94.5 Å². The molecule has 9 heteroatoms. The first kappa shape index (κ1) is 33.1. The summed E-state index contributed by atoms with van der Waals surface area (Å²) in [6, 6.07) is 7.40. The van der Waals surface area contributed by atoms with Crippen molar-refractivity contribution >= 4 is 40.9 Å². The van der Waals surface area contributed by atoms with Crippen molar-refractivity contribution < 1.29 is 19.5 Å². The van der Waals surface area contributed by atoms with E-state index in [0.717, 1.165) is 63.0 Å². The van der Waals surface area contributed by atoms with Gasteiger partial charge in [0.15, 0.2) is 0 Å². The van der Waals surface area contributed by atoms with E-state index in [9.17, 15) is 19.5 Å². The van der Waals surface area contributed by atoms with Crippen LogP contribution in [0.1, 0.15) is 59.3 Å². The first-order chi connectivity index (χ1) is 20.6. The van der Waals surface area contributed by atoms with Crippen LogP contribution in [-0.2, 0) is 14.4 Å². The van der Waals surface area contributed by atoms with Gasteiger partial charge in [-0.1, -0.05) is 25.0 Å². The molecule has 8 nitrogen and oxygen atoms in total. The third-order valence-corrected chi connectivity index (χ3v) is 11.7. The number of carbonyl (C=O) groups is 3. The number of aliphatic hydroxyl groups excluding tert-OH is 1. The lowest BCUT2D eigenvalue weighted by molar-refractivity contribution is -0.144. The van der Waals surface area contributed by atoms with Gasteiger partial charge in [0, 0.05) is 62.5 Å². The maximum absolute atomic E-state index is 14.8. The normalized spacial score (nSPS) is 27.2. The number of rotatable bonds is 16. The van der Waals surface area contributed by atoms with Crippen LogP contribution < -0.4 is 9.80 Å². The van der Waals surface area contributed by atoms with E-state index in [1.54, 1.807) is 45.7 Å². The largest absolute Gasteiger partial charge is 0.396 e. The van der Waals surface area contributed by atoms with Gasteiger partial charge in [-0.3, -0.25) is 14.4 Å². The third kappa shape index (κ3) is 5.99. The lowest BCUT2D eigenvalue weighted by atomic mass is 9.66. The summed E-state index contributed by atoms with van der Waals surface area (Å²) in [5, 5.41) is 9.23. The van der Waals surface area contributed by atoms with E-state index < -0.39 is 27.4 Å². The Morgan fingerprint density at radius 3 is 2.23 bits per heavy atom. The minimum atomic E-state index is -0.667. The van der Waals surface area contributed by atoms with Crippen molar-refractivity contribution in [2.75, 3.05) is 56.2 Å². The van der Waals surface area contributed by atoms with Gasteiger partial charge in [0.25, 0.3) is 5.91 Å². The second-order valence-electron chi connectivity index (χ2n) is 12.3. The fourth-order valence-electron chi connectivity index (χ4n) is 7.62. The van der Waals surface area contributed by atoms with Crippen molar-refractivity contribution in [3.8, 4) is 0 Å². The number of likely N-dealkylation sites (tertiary alicyclic amines) is 1. The maximum atomic E-state index is 14.8. The SMILES string of the molecule is C=CCN(C)C(=O)[C@H]1[C@H]2C(=O)N(CCCCCCO)C(C(=O)N(CC=C)c3ccc(N(CC)CC)cc3)C23CC[C@]1(C)S3. The third-order valence-electron chi connectivity index (χ3n) is 9.73.